The van der Waals surface area contributed by atoms with Crippen LogP contribution in [0.15, 0.2) is 29.4 Å². The summed E-state index contributed by atoms with van der Waals surface area (Å²) >= 11 is 0. The highest BCUT2D eigenvalue weighted by Gasteiger charge is 2.42. The van der Waals surface area contributed by atoms with E-state index in [-0.39, 0.29) is 5.60 Å². The Balaban J connectivity index is 1.58. The van der Waals surface area contributed by atoms with Crippen LogP contribution in [0, 0.1) is 6.57 Å². The van der Waals surface area contributed by atoms with Crippen molar-refractivity contribution in [3.8, 4) is 0 Å². The second-order valence-electron chi connectivity index (χ2n) is 6.34. The van der Waals surface area contributed by atoms with Crippen LogP contribution in [0.1, 0.15) is 44.6 Å². The fourth-order valence-corrected chi connectivity index (χ4v) is 3.24. The fourth-order valence-electron chi connectivity index (χ4n) is 3.24. The minimum atomic E-state index is -0.0868. The van der Waals surface area contributed by atoms with Gasteiger partial charge in [-0.15, -0.1) is 0 Å². The molecule has 116 valence electrons. The van der Waals surface area contributed by atoms with Crippen LogP contribution in [0.3, 0.4) is 0 Å². The number of rotatable bonds is 4. The molecule has 4 nitrogen and oxygen atoms in total. The van der Waals surface area contributed by atoms with E-state index in [1.165, 1.54) is 19.4 Å². The molecule has 2 heterocycles. The summed E-state index contributed by atoms with van der Waals surface area (Å²) in [6.45, 7) is 12.7. The Morgan fingerprint density at radius 3 is 2.64 bits per heavy atom. The summed E-state index contributed by atoms with van der Waals surface area (Å²) < 4.78 is 0. The monoisotopic (exact) mass is 297 g/mol. The predicted octanol–water partition coefficient (Wildman–Crippen LogP) is 4.00. The minimum Gasteiger partial charge on any atom is -0.388 e. The van der Waals surface area contributed by atoms with E-state index in [0.29, 0.717) is 5.69 Å². The molecule has 0 radical (unpaired) electrons. The van der Waals surface area contributed by atoms with Gasteiger partial charge in [-0.05, 0) is 18.5 Å². The molecule has 4 heteroatoms. The second kappa shape index (κ2) is 6.50. The van der Waals surface area contributed by atoms with Crippen LogP contribution >= 0.6 is 0 Å². The molecule has 1 spiro atoms. The lowest BCUT2D eigenvalue weighted by molar-refractivity contribution is -0.0615. The zero-order valence-corrected chi connectivity index (χ0v) is 13.2. The molecule has 0 amide bonds. The highest BCUT2D eigenvalue weighted by atomic mass is 16.7. The molecule has 2 aliphatic rings. The van der Waals surface area contributed by atoms with Crippen molar-refractivity contribution in [2.24, 2.45) is 5.16 Å². The van der Waals surface area contributed by atoms with Crippen LogP contribution in [0.25, 0.3) is 4.85 Å². The number of unbranched alkanes of at least 4 members (excludes halogenated alkanes) is 1. The number of nitrogens with zero attached hydrogens (tertiary/aromatic N) is 3. The molecule has 0 aliphatic carbocycles. The van der Waals surface area contributed by atoms with Gasteiger partial charge in [-0.2, -0.15) is 0 Å². The standard InChI is InChI=1S/C18H23N3O/c1-3-4-11-21-12-9-18(10-13-21)14-17(20-22-18)15-5-7-16(19-2)8-6-15/h5-8H,3-4,9-14H2,1H3. The van der Waals surface area contributed by atoms with Crippen molar-refractivity contribution in [3.63, 3.8) is 0 Å². The van der Waals surface area contributed by atoms with E-state index >= 15 is 0 Å². The average Bonchev–Trinajstić information content (AvgIpc) is 2.98. The van der Waals surface area contributed by atoms with Gasteiger partial charge in [-0.1, -0.05) is 42.8 Å². The van der Waals surface area contributed by atoms with Crippen LogP contribution in [0.4, 0.5) is 5.69 Å². The molecule has 0 N–H and O–H groups in total. The Bertz CT molecular complexity index is 577. The van der Waals surface area contributed by atoms with Crippen molar-refractivity contribution in [1.29, 1.82) is 0 Å². The Labute approximate surface area is 132 Å². The number of benzene rings is 1. The zero-order chi connectivity index (χ0) is 15.4. The van der Waals surface area contributed by atoms with Gasteiger partial charge in [-0.25, -0.2) is 4.85 Å². The number of hydrogen-bond acceptors (Lipinski definition) is 3. The van der Waals surface area contributed by atoms with Gasteiger partial charge in [-0.3, -0.25) is 0 Å². The molecule has 0 atom stereocenters. The van der Waals surface area contributed by atoms with Gasteiger partial charge in [0.2, 0.25) is 0 Å². The maximum Gasteiger partial charge on any atom is 0.187 e. The van der Waals surface area contributed by atoms with E-state index in [0.717, 1.165) is 43.6 Å². The Hall–Kier alpha value is -1.86. The predicted molar refractivity (Wildman–Crippen MR) is 88.3 cm³/mol. The Kier molecular flexibility index (Phi) is 4.44. The highest BCUT2D eigenvalue weighted by molar-refractivity contribution is 6.01. The summed E-state index contributed by atoms with van der Waals surface area (Å²) in [4.78, 5) is 11.8. The molecular weight excluding hydrogens is 274 g/mol. The Morgan fingerprint density at radius 2 is 2.00 bits per heavy atom. The molecule has 1 fully saturated rings. The molecule has 0 aromatic heterocycles. The van der Waals surface area contributed by atoms with E-state index < -0.39 is 0 Å². The second-order valence-corrected chi connectivity index (χ2v) is 6.34. The van der Waals surface area contributed by atoms with Crippen LogP contribution < -0.4 is 0 Å². The van der Waals surface area contributed by atoms with E-state index in [1.54, 1.807) is 0 Å². The molecule has 1 aromatic rings. The van der Waals surface area contributed by atoms with Crippen LogP contribution in [0.5, 0.6) is 0 Å². The molecule has 0 bridgehead atoms. The highest BCUT2D eigenvalue weighted by Crippen LogP contribution is 2.36. The van der Waals surface area contributed by atoms with E-state index in [4.69, 9.17) is 11.4 Å². The van der Waals surface area contributed by atoms with Crippen molar-refractivity contribution in [1.82, 2.24) is 4.90 Å². The van der Waals surface area contributed by atoms with Gasteiger partial charge in [0.25, 0.3) is 0 Å². The summed E-state index contributed by atoms with van der Waals surface area (Å²) in [5.41, 5.74) is 2.69. The van der Waals surface area contributed by atoms with Crippen LogP contribution in [-0.2, 0) is 4.84 Å². The summed E-state index contributed by atoms with van der Waals surface area (Å²) in [5.74, 6) is 0. The average molecular weight is 297 g/mol. The normalized spacial score (nSPS) is 20.5. The molecule has 0 saturated carbocycles. The number of likely N-dealkylation sites (tertiary alicyclic amines) is 1. The van der Waals surface area contributed by atoms with E-state index in [1.807, 2.05) is 24.3 Å². The lowest BCUT2D eigenvalue weighted by Gasteiger charge is -2.37. The van der Waals surface area contributed by atoms with Gasteiger partial charge in [0.05, 0.1) is 12.3 Å². The Morgan fingerprint density at radius 1 is 1.27 bits per heavy atom. The SMILES string of the molecule is [C-]#[N+]c1ccc(C2=NOC3(CCN(CCCC)CC3)C2)cc1. The number of oxime groups is 1. The van der Waals surface area contributed by atoms with Crippen molar-refractivity contribution in [3.05, 3.63) is 41.2 Å². The summed E-state index contributed by atoms with van der Waals surface area (Å²) in [7, 11) is 0. The molecule has 0 unspecified atom stereocenters. The molecular formula is C18H23N3O. The first-order chi connectivity index (χ1) is 10.7. The summed E-state index contributed by atoms with van der Waals surface area (Å²) in [6, 6.07) is 7.66. The number of piperidine rings is 1. The molecule has 2 aliphatic heterocycles. The first-order valence-electron chi connectivity index (χ1n) is 8.20. The van der Waals surface area contributed by atoms with Gasteiger partial charge in [0.1, 0.15) is 5.60 Å². The summed E-state index contributed by atoms with van der Waals surface area (Å²) in [5, 5.41) is 4.35. The maximum absolute atomic E-state index is 7.01. The third-order valence-electron chi connectivity index (χ3n) is 4.76. The van der Waals surface area contributed by atoms with Gasteiger partial charge >= 0.3 is 0 Å². The van der Waals surface area contributed by atoms with Crippen molar-refractivity contribution < 1.29 is 4.84 Å². The van der Waals surface area contributed by atoms with Crippen molar-refractivity contribution >= 4 is 11.4 Å². The molecule has 1 aromatic carbocycles. The number of hydrogen-bond donors (Lipinski definition) is 0. The zero-order valence-electron chi connectivity index (χ0n) is 13.2. The lowest BCUT2D eigenvalue weighted by Crippen LogP contribution is -2.44. The lowest BCUT2D eigenvalue weighted by atomic mass is 9.85. The van der Waals surface area contributed by atoms with Crippen LogP contribution in [0.2, 0.25) is 0 Å². The van der Waals surface area contributed by atoms with Crippen molar-refractivity contribution in [2.75, 3.05) is 19.6 Å². The first kappa shape index (κ1) is 15.1. The molecule has 1 saturated heterocycles. The first-order valence-corrected chi connectivity index (χ1v) is 8.20. The van der Waals surface area contributed by atoms with E-state index in [9.17, 15) is 0 Å². The smallest absolute Gasteiger partial charge is 0.187 e. The third-order valence-corrected chi connectivity index (χ3v) is 4.76. The quantitative estimate of drug-likeness (QED) is 0.786. The van der Waals surface area contributed by atoms with E-state index in [2.05, 4.69) is 21.8 Å². The van der Waals surface area contributed by atoms with Gasteiger partial charge < -0.3 is 9.74 Å². The third kappa shape index (κ3) is 3.15. The maximum atomic E-state index is 7.01. The topological polar surface area (TPSA) is 29.2 Å². The summed E-state index contributed by atoms with van der Waals surface area (Å²) in [6.07, 6.45) is 5.55. The molecule has 3 rings (SSSR count). The van der Waals surface area contributed by atoms with Crippen LogP contribution in [-0.4, -0.2) is 35.8 Å². The fraction of sp³-hybridized carbons (Fsp3) is 0.556. The molecule has 22 heavy (non-hydrogen) atoms. The largest absolute Gasteiger partial charge is 0.388 e. The van der Waals surface area contributed by atoms with Gasteiger partial charge in [0.15, 0.2) is 5.69 Å². The van der Waals surface area contributed by atoms with Crippen molar-refractivity contribution in [2.45, 2.75) is 44.6 Å². The minimum absolute atomic E-state index is 0.0868. The van der Waals surface area contributed by atoms with Gasteiger partial charge in [0, 0.05) is 32.4 Å².